The number of hydrogen-bond donors (Lipinski definition) is 1. The highest BCUT2D eigenvalue weighted by Crippen LogP contribution is 2.14. The SMILES string of the molecule is CCc1cnc(CC(N)CC)s1. The molecule has 1 aromatic rings. The molecule has 0 saturated carbocycles. The summed E-state index contributed by atoms with van der Waals surface area (Å²) in [5.74, 6) is 0. The molecule has 68 valence electrons. The third-order valence-corrected chi connectivity index (χ3v) is 3.08. The first-order chi connectivity index (χ1) is 5.76. The number of rotatable bonds is 4. The molecular weight excluding hydrogens is 168 g/mol. The van der Waals surface area contributed by atoms with E-state index in [0.29, 0.717) is 0 Å². The highest BCUT2D eigenvalue weighted by Gasteiger charge is 2.04. The summed E-state index contributed by atoms with van der Waals surface area (Å²) >= 11 is 1.79. The summed E-state index contributed by atoms with van der Waals surface area (Å²) in [5.41, 5.74) is 5.82. The molecule has 0 aromatic carbocycles. The van der Waals surface area contributed by atoms with Crippen molar-refractivity contribution in [2.75, 3.05) is 0 Å². The van der Waals surface area contributed by atoms with Crippen LogP contribution in [0.5, 0.6) is 0 Å². The lowest BCUT2D eigenvalue weighted by Crippen LogP contribution is -2.21. The number of hydrogen-bond acceptors (Lipinski definition) is 3. The van der Waals surface area contributed by atoms with E-state index in [9.17, 15) is 0 Å². The van der Waals surface area contributed by atoms with Gasteiger partial charge in [0.25, 0.3) is 0 Å². The van der Waals surface area contributed by atoms with Crippen LogP contribution in [0.2, 0.25) is 0 Å². The van der Waals surface area contributed by atoms with Gasteiger partial charge in [-0.05, 0) is 12.8 Å². The zero-order chi connectivity index (χ0) is 8.97. The number of aryl methyl sites for hydroxylation is 1. The highest BCUT2D eigenvalue weighted by molar-refractivity contribution is 7.11. The fourth-order valence-electron chi connectivity index (χ4n) is 0.974. The van der Waals surface area contributed by atoms with Crippen molar-refractivity contribution in [3.05, 3.63) is 16.1 Å². The Morgan fingerprint density at radius 1 is 1.58 bits per heavy atom. The maximum absolute atomic E-state index is 5.82. The van der Waals surface area contributed by atoms with Crippen molar-refractivity contribution in [3.8, 4) is 0 Å². The number of thiazole rings is 1. The lowest BCUT2D eigenvalue weighted by atomic mass is 10.2. The minimum atomic E-state index is 0.279. The van der Waals surface area contributed by atoms with Crippen molar-refractivity contribution >= 4 is 11.3 Å². The largest absolute Gasteiger partial charge is 0.327 e. The fourth-order valence-corrected chi connectivity index (χ4v) is 1.93. The van der Waals surface area contributed by atoms with Crippen LogP contribution in [0.3, 0.4) is 0 Å². The Labute approximate surface area is 77.8 Å². The molecule has 1 rings (SSSR count). The number of aromatic nitrogens is 1. The topological polar surface area (TPSA) is 38.9 Å². The fraction of sp³-hybridized carbons (Fsp3) is 0.667. The monoisotopic (exact) mass is 184 g/mol. The maximum atomic E-state index is 5.82. The molecule has 1 unspecified atom stereocenters. The van der Waals surface area contributed by atoms with Crippen LogP contribution in [0.25, 0.3) is 0 Å². The van der Waals surface area contributed by atoms with E-state index in [0.717, 1.165) is 19.3 Å². The van der Waals surface area contributed by atoms with Gasteiger partial charge in [0.1, 0.15) is 0 Å². The molecule has 0 aliphatic carbocycles. The molecule has 3 heteroatoms. The van der Waals surface area contributed by atoms with Crippen LogP contribution in [-0.4, -0.2) is 11.0 Å². The smallest absolute Gasteiger partial charge is 0.0943 e. The summed E-state index contributed by atoms with van der Waals surface area (Å²) in [6.07, 6.45) is 5.00. The van der Waals surface area contributed by atoms with Crippen molar-refractivity contribution in [3.63, 3.8) is 0 Å². The van der Waals surface area contributed by atoms with Gasteiger partial charge in [0.05, 0.1) is 5.01 Å². The van der Waals surface area contributed by atoms with Gasteiger partial charge in [-0.15, -0.1) is 11.3 Å². The van der Waals surface area contributed by atoms with Crippen molar-refractivity contribution in [2.24, 2.45) is 5.73 Å². The van der Waals surface area contributed by atoms with Crippen LogP contribution in [0.1, 0.15) is 30.2 Å². The first-order valence-electron chi connectivity index (χ1n) is 4.45. The van der Waals surface area contributed by atoms with Crippen LogP contribution in [0.4, 0.5) is 0 Å². The van der Waals surface area contributed by atoms with Crippen molar-refractivity contribution in [1.29, 1.82) is 0 Å². The molecule has 0 fully saturated rings. The Kier molecular flexibility index (Phi) is 3.69. The summed E-state index contributed by atoms with van der Waals surface area (Å²) in [5, 5.41) is 1.18. The minimum Gasteiger partial charge on any atom is -0.327 e. The van der Waals surface area contributed by atoms with Gasteiger partial charge in [-0.3, -0.25) is 0 Å². The molecule has 0 radical (unpaired) electrons. The average molecular weight is 184 g/mol. The van der Waals surface area contributed by atoms with Crippen molar-refractivity contribution in [2.45, 2.75) is 39.2 Å². The Bertz CT molecular complexity index is 232. The Hall–Kier alpha value is -0.410. The van der Waals surface area contributed by atoms with E-state index < -0.39 is 0 Å². The minimum absolute atomic E-state index is 0.279. The summed E-state index contributed by atoms with van der Waals surface area (Å²) in [7, 11) is 0. The predicted molar refractivity (Wildman–Crippen MR) is 53.5 cm³/mol. The second-order valence-corrected chi connectivity index (χ2v) is 4.15. The summed E-state index contributed by atoms with van der Waals surface area (Å²) < 4.78 is 0. The second kappa shape index (κ2) is 4.58. The molecule has 1 atom stereocenters. The first kappa shape index (κ1) is 9.68. The molecule has 12 heavy (non-hydrogen) atoms. The van der Waals surface area contributed by atoms with Gasteiger partial charge in [-0.1, -0.05) is 13.8 Å². The van der Waals surface area contributed by atoms with Gasteiger partial charge >= 0.3 is 0 Å². The molecule has 2 nitrogen and oxygen atoms in total. The van der Waals surface area contributed by atoms with E-state index in [4.69, 9.17) is 5.73 Å². The van der Waals surface area contributed by atoms with Gasteiger partial charge in [-0.25, -0.2) is 4.98 Å². The lowest BCUT2D eigenvalue weighted by Gasteiger charge is -2.03. The Morgan fingerprint density at radius 2 is 2.33 bits per heavy atom. The summed E-state index contributed by atoms with van der Waals surface area (Å²) in [4.78, 5) is 5.67. The third-order valence-electron chi connectivity index (χ3n) is 1.91. The van der Waals surface area contributed by atoms with E-state index >= 15 is 0 Å². The molecule has 0 saturated heterocycles. The molecule has 2 N–H and O–H groups in total. The third kappa shape index (κ3) is 2.57. The van der Waals surface area contributed by atoms with E-state index in [2.05, 4.69) is 18.8 Å². The standard InChI is InChI=1S/C9H16N2S/c1-3-7(10)5-9-11-6-8(4-2)12-9/h6-7H,3-5,10H2,1-2H3. The lowest BCUT2D eigenvalue weighted by molar-refractivity contribution is 0.644. The highest BCUT2D eigenvalue weighted by atomic mass is 32.1. The molecule has 1 aromatic heterocycles. The molecule has 0 amide bonds. The zero-order valence-electron chi connectivity index (χ0n) is 7.71. The van der Waals surface area contributed by atoms with Crippen LogP contribution in [-0.2, 0) is 12.8 Å². The van der Waals surface area contributed by atoms with Gasteiger partial charge in [-0.2, -0.15) is 0 Å². The normalized spacial score (nSPS) is 13.2. The van der Waals surface area contributed by atoms with Crippen LogP contribution in [0.15, 0.2) is 6.20 Å². The Morgan fingerprint density at radius 3 is 2.83 bits per heavy atom. The van der Waals surface area contributed by atoms with Crippen molar-refractivity contribution in [1.82, 2.24) is 4.98 Å². The summed E-state index contributed by atoms with van der Waals surface area (Å²) in [6.45, 7) is 4.26. The van der Waals surface area contributed by atoms with Crippen LogP contribution in [0, 0.1) is 0 Å². The number of nitrogens with zero attached hydrogens (tertiary/aromatic N) is 1. The van der Waals surface area contributed by atoms with E-state index in [1.165, 1.54) is 9.88 Å². The van der Waals surface area contributed by atoms with Gasteiger partial charge in [0.2, 0.25) is 0 Å². The molecule has 0 aliphatic rings. The van der Waals surface area contributed by atoms with E-state index in [-0.39, 0.29) is 6.04 Å². The number of nitrogens with two attached hydrogens (primary N) is 1. The average Bonchev–Trinajstić information content (AvgIpc) is 2.52. The molecule has 1 heterocycles. The van der Waals surface area contributed by atoms with Gasteiger partial charge < -0.3 is 5.73 Å². The second-order valence-electron chi connectivity index (χ2n) is 2.95. The maximum Gasteiger partial charge on any atom is 0.0943 e. The quantitative estimate of drug-likeness (QED) is 0.777. The van der Waals surface area contributed by atoms with Crippen molar-refractivity contribution < 1.29 is 0 Å². The Balaban J connectivity index is 2.52. The first-order valence-corrected chi connectivity index (χ1v) is 5.27. The summed E-state index contributed by atoms with van der Waals surface area (Å²) in [6, 6.07) is 0.279. The zero-order valence-corrected chi connectivity index (χ0v) is 8.53. The van der Waals surface area contributed by atoms with Crippen LogP contribution < -0.4 is 5.73 Å². The van der Waals surface area contributed by atoms with Crippen LogP contribution >= 0.6 is 11.3 Å². The molecule has 0 spiro atoms. The molecule has 0 aliphatic heterocycles. The molecule has 0 bridgehead atoms. The van der Waals surface area contributed by atoms with Gasteiger partial charge in [0, 0.05) is 23.5 Å². The van der Waals surface area contributed by atoms with Gasteiger partial charge in [0.15, 0.2) is 0 Å². The van der Waals surface area contributed by atoms with E-state index in [1.807, 2.05) is 6.20 Å². The van der Waals surface area contributed by atoms with E-state index in [1.54, 1.807) is 11.3 Å². The molecular formula is C9H16N2S. The predicted octanol–water partition coefficient (Wildman–Crippen LogP) is 1.99.